The normalized spacial score (nSPS) is 12.5. The molecule has 0 radical (unpaired) electrons. The van der Waals surface area contributed by atoms with Crippen molar-refractivity contribution in [1.29, 1.82) is 0 Å². The molecular formula is C37H38ClF5N2O6S. The zero-order valence-electron chi connectivity index (χ0n) is 29.1. The fourth-order valence-electron chi connectivity index (χ4n) is 5.27. The number of sulfonamides is 1. The number of halogens is 6. The first-order valence-corrected chi connectivity index (χ1v) is 17.7. The molecule has 0 aliphatic carbocycles. The Hall–Kier alpha value is -4.08. The molecule has 4 aromatic rings. The fourth-order valence-corrected chi connectivity index (χ4v) is 6.89. The molecule has 52 heavy (non-hydrogen) atoms. The summed E-state index contributed by atoms with van der Waals surface area (Å²) in [7, 11) is -5.65. The maximum atomic E-state index is 15.0. The highest BCUT2D eigenvalue weighted by Crippen LogP contribution is 2.35. The number of amides is 1. The van der Waals surface area contributed by atoms with Crippen LogP contribution < -0.4 is 4.90 Å². The Kier molecular flexibility index (Phi) is 11.8. The Balaban J connectivity index is 1.91. The second-order valence-electron chi connectivity index (χ2n) is 14.3. The molecule has 0 atom stereocenters. The van der Waals surface area contributed by atoms with Crippen LogP contribution in [0.2, 0.25) is 5.02 Å². The van der Waals surface area contributed by atoms with Crippen LogP contribution in [0.15, 0.2) is 65.6 Å². The smallest absolute Gasteiger partial charge is 0.249 e. The number of benzene rings is 4. The highest BCUT2D eigenvalue weighted by molar-refractivity contribution is 7.89. The van der Waals surface area contributed by atoms with Crippen molar-refractivity contribution in [3.63, 3.8) is 0 Å². The zero-order valence-corrected chi connectivity index (χ0v) is 30.7. The summed E-state index contributed by atoms with van der Waals surface area (Å²) in [6.07, 6.45) is -2.09. The third kappa shape index (κ3) is 8.75. The third-order valence-electron chi connectivity index (χ3n) is 8.32. The average molecular weight is 769 g/mol. The van der Waals surface area contributed by atoms with Gasteiger partial charge < -0.3 is 20.2 Å². The maximum absolute atomic E-state index is 15.0. The number of anilines is 1. The van der Waals surface area contributed by atoms with Gasteiger partial charge in [0.2, 0.25) is 21.7 Å². The quantitative estimate of drug-likeness (QED) is 0.0658. The van der Waals surface area contributed by atoms with E-state index in [2.05, 4.69) is 0 Å². The van der Waals surface area contributed by atoms with Crippen LogP contribution in [0.25, 0.3) is 0 Å². The Bertz CT molecular complexity index is 2040. The van der Waals surface area contributed by atoms with Crippen molar-refractivity contribution in [2.75, 3.05) is 11.4 Å². The number of aliphatic hydroxyl groups is 2. The molecule has 0 bridgehead atoms. The number of aromatic hydroxyl groups is 1. The zero-order chi connectivity index (χ0) is 39.1. The minimum atomic E-state index is -5.65. The predicted octanol–water partition coefficient (Wildman–Crippen LogP) is 7.74. The summed E-state index contributed by atoms with van der Waals surface area (Å²) >= 11 is 5.96. The molecule has 0 unspecified atom stereocenters. The van der Waals surface area contributed by atoms with Crippen LogP contribution in [0.4, 0.5) is 27.6 Å². The van der Waals surface area contributed by atoms with Crippen molar-refractivity contribution in [3.8, 4) is 5.75 Å². The average Bonchev–Trinajstić information content (AvgIpc) is 3.04. The SMILES string of the molecule is CC(C)(C)c1cc(CN(C(=O)CN(Cc2ccc(Cl)cc2)S(=O)(=O)c2c(F)c(F)c(F)c(F)c2F)c2ccc(C(O)O)c(O)c2)cc(C(C)(C)C)c1. The molecule has 3 N–H and O–H groups in total. The second kappa shape index (κ2) is 15.1. The van der Waals surface area contributed by atoms with E-state index in [0.717, 1.165) is 28.2 Å². The van der Waals surface area contributed by atoms with Crippen molar-refractivity contribution < 1.29 is 50.5 Å². The van der Waals surface area contributed by atoms with Crippen molar-refractivity contribution >= 4 is 33.2 Å². The number of carbonyl (C=O) groups is 1. The van der Waals surface area contributed by atoms with Crippen molar-refractivity contribution in [2.24, 2.45) is 0 Å². The van der Waals surface area contributed by atoms with Gasteiger partial charge >= 0.3 is 0 Å². The standard InChI is InChI=1S/C37H38ClF5N2O6S/c1-36(2,3)22-13-21(14-23(15-22)37(4,5)6)18-45(25-11-12-26(35(48)49)27(46)16-25)28(47)19-44(17-20-7-9-24(38)10-8-20)52(50,51)34-32(42)30(40)29(39)31(41)33(34)43/h7-16,35,46,48-49H,17-19H2,1-6H3. The maximum Gasteiger partial charge on any atom is 0.249 e. The van der Waals surface area contributed by atoms with Gasteiger partial charge in [-0.05, 0) is 57.3 Å². The Labute approximate surface area is 303 Å². The van der Waals surface area contributed by atoms with Gasteiger partial charge in [-0.2, -0.15) is 4.31 Å². The van der Waals surface area contributed by atoms with E-state index >= 15 is 8.78 Å². The molecule has 0 fully saturated rings. The molecule has 0 spiro atoms. The first-order chi connectivity index (χ1) is 23.9. The van der Waals surface area contributed by atoms with E-state index in [4.69, 9.17) is 11.6 Å². The predicted molar refractivity (Wildman–Crippen MR) is 186 cm³/mol. The Morgan fingerprint density at radius 2 is 1.23 bits per heavy atom. The number of hydrogen-bond acceptors (Lipinski definition) is 6. The number of aliphatic hydroxyl groups excluding tert-OH is 1. The molecule has 0 aliphatic rings. The second-order valence-corrected chi connectivity index (χ2v) is 16.6. The molecular weight excluding hydrogens is 731 g/mol. The van der Waals surface area contributed by atoms with Gasteiger partial charge in [0.25, 0.3) is 0 Å². The molecule has 0 aromatic heterocycles. The van der Waals surface area contributed by atoms with E-state index in [0.29, 0.717) is 5.56 Å². The summed E-state index contributed by atoms with van der Waals surface area (Å²) in [6.45, 7) is 9.68. The first kappa shape index (κ1) is 40.7. The molecule has 1 amide bonds. The number of phenolic OH excluding ortho intramolecular Hbond substituents is 1. The van der Waals surface area contributed by atoms with Crippen molar-refractivity contribution in [3.05, 3.63) is 123 Å². The number of phenols is 1. The monoisotopic (exact) mass is 768 g/mol. The van der Waals surface area contributed by atoms with E-state index in [9.17, 15) is 41.7 Å². The summed E-state index contributed by atoms with van der Waals surface area (Å²) in [5.74, 6) is -14.5. The van der Waals surface area contributed by atoms with Gasteiger partial charge in [0, 0.05) is 28.9 Å². The van der Waals surface area contributed by atoms with Gasteiger partial charge in [0.15, 0.2) is 34.5 Å². The van der Waals surface area contributed by atoms with E-state index in [1.807, 2.05) is 59.7 Å². The van der Waals surface area contributed by atoms with Crippen LogP contribution in [0.3, 0.4) is 0 Å². The van der Waals surface area contributed by atoms with Crippen LogP contribution >= 0.6 is 11.6 Å². The Morgan fingerprint density at radius 1 is 0.731 bits per heavy atom. The molecule has 4 rings (SSSR count). The molecule has 0 aliphatic heterocycles. The highest BCUT2D eigenvalue weighted by atomic mass is 35.5. The van der Waals surface area contributed by atoms with Gasteiger partial charge in [-0.1, -0.05) is 83.5 Å². The van der Waals surface area contributed by atoms with Crippen molar-refractivity contribution in [2.45, 2.75) is 76.6 Å². The molecule has 0 heterocycles. The summed E-state index contributed by atoms with van der Waals surface area (Å²) < 4.78 is 101. The largest absolute Gasteiger partial charge is 0.507 e. The molecule has 0 saturated carbocycles. The highest BCUT2D eigenvalue weighted by Gasteiger charge is 2.39. The lowest BCUT2D eigenvalue weighted by Crippen LogP contribution is -2.43. The van der Waals surface area contributed by atoms with Crippen LogP contribution in [-0.4, -0.2) is 40.5 Å². The lowest BCUT2D eigenvalue weighted by atomic mass is 9.79. The summed E-state index contributed by atoms with van der Waals surface area (Å²) in [6, 6.07) is 14.5. The molecule has 280 valence electrons. The van der Waals surface area contributed by atoms with Crippen LogP contribution in [0, 0.1) is 29.1 Å². The topological polar surface area (TPSA) is 118 Å². The molecule has 4 aromatic carbocycles. The number of nitrogens with zero attached hydrogens (tertiary/aromatic N) is 2. The summed E-state index contributed by atoms with van der Waals surface area (Å²) in [5.41, 5.74) is 1.40. The fraction of sp³-hybridized carbons (Fsp3) is 0.324. The summed E-state index contributed by atoms with van der Waals surface area (Å²) in [5, 5.41) is 30.2. The van der Waals surface area contributed by atoms with Crippen molar-refractivity contribution in [1.82, 2.24) is 4.31 Å². The summed E-state index contributed by atoms with van der Waals surface area (Å²) in [4.78, 5) is 13.3. The van der Waals surface area contributed by atoms with E-state index in [1.54, 1.807) is 0 Å². The van der Waals surface area contributed by atoms with Gasteiger partial charge in [-0.25, -0.2) is 30.4 Å². The van der Waals surface area contributed by atoms with Crippen LogP contribution in [0.5, 0.6) is 5.75 Å². The van der Waals surface area contributed by atoms with Gasteiger partial charge in [0.05, 0.1) is 13.1 Å². The molecule has 8 nitrogen and oxygen atoms in total. The first-order valence-electron chi connectivity index (χ1n) is 15.8. The van der Waals surface area contributed by atoms with Gasteiger partial charge in [0.1, 0.15) is 5.75 Å². The van der Waals surface area contributed by atoms with Gasteiger partial charge in [-0.15, -0.1) is 0 Å². The molecule has 15 heteroatoms. The lowest BCUT2D eigenvalue weighted by molar-refractivity contribution is -0.119. The number of rotatable bonds is 10. The third-order valence-corrected chi connectivity index (χ3v) is 10.4. The van der Waals surface area contributed by atoms with Gasteiger partial charge in [-0.3, -0.25) is 4.79 Å². The minimum absolute atomic E-state index is 0.0505. The number of hydrogen-bond donors (Lipinski definition) is 3. The number of carbonyl (C=O) groups excluding carboxylic acids is 1. The Morgan fingerprint density at radius 3 is 1.69 bits per heavy atom. The molecule has 0 saturated heterocycles. The van der Waals surface area contributed by atoms with E-state index in [1.165, 1.54) is 30.3 Å². The van der Waals surface area contributed by atoms with Crippen LogP contribution in [-0.2, 0) is 38.7 Å². The minimum Gasteiger partial charge on any atom is -0.507 e. The van der Waals surface area contributed by atoms with E-state index in [-0.39, 0.29) is 43.5 Å². The lowest BCUT2D eigenvalue weighted by Gasteiger charge is -2.30. The van der Waals surface area contributed by atoms with Crippen LogP contribution in [0.1, 0.15) is 75.6 Å². The van der Waals surface area contributed by atoms with E-state index < -0.39 is 75.0 Å².